The molecule has 1 aromatic carbocycles. The van der Waals surface area contributed by atoms with Crippen molar-refractivity contribution in [3.63, 3.8) is 0 Å². The predicted molar refractivity (Wildman–Crippen MR) is 91.0 cm³/mol. The van der Waals surface area contributed by atoms with Crippen molar-refractivity contribution in [2.24, 2.45) is 0 Å². The molecule has 0 aromatic heterocycles. The third-order valence-corrected chi connectivity index (χ3v) is 3.48. The Kier molecular flexibility index (Phi) is 6.68. The monoisotopic (exact) mass is 390 g/mol. The SMILES string of the molecule is CC(C)(C)OC(=O)CCCNC(=O)c1cc(Cl)cc(Br)c1N. The summed E-state index contributed by atoms with van der Waals surface area (Å²) >= 11 is 9.15. The molecule has 0 aliphatic heterocycles. The number of anilines is 1. The van der Waals surface area contributed by atoms with Crippen LogP contribution >= 0.6 is 27.5 Å². The smallest absolute Gasteiger partial charge is 0.306 e. The van der Waals surface area contributed by atoms with Crippen molar-refractivity contribution in [3.8, 4) is 0 Å². The van der Waals surface area contributed by atoms with E-state index in [1.807, 2.05) is 20.8 Å². The van der Waals surface area contributed by atoms with E-state index in [-0.39, 0.29) is 18.3 Å². The van der Waals surface area contributed by atoms with E-state index < -0.39 is 5.60 Å². The van der Waals surface area contributed by atoms with Gasteiger partial charge in [-0.05, 0) is 55.3 Å². The van der Waals surface area contributed by atoms with Gasteiger partial charge < -0.3 is 15.8 Å². The molecule has 1 aromatic rings. The zero-order valence-electron chi connectivity index (χ0n) is 12.8. The van der Waals surface area contributed by atoms with Crippen LogP contribution in [-0.4, -0.2) is 24.0 Å². The highest BCUT2D eigenvalue weighted by Gasteiger charge is 2.16. The molecule has 0 atom stereocenters. The summed E-state index contributed by atoms with van der Waals surface area (Å²) in [4.78, 5) is 23.6. The summed E-state index contributed by atoms with van der Waals surface area (Å²) < 4.78 is 5.75. The first-order valence-electron chi connectivity index (χ1n) is 6.84. The molecule has 0 aliphatic carbocycles. The second-order valence-corrected chi connectivity index (χ2v) is 7.09. The van der Waals surface area contributed by atoms with E-state index in [1.165, 1.54) is 6.07 Å². The minimum Gasteiger partial charge on any atom is -0.460 e. The maximum absolute atomic E-state index is 12.1. The van der Waals surface area contributed by atoms with E-state index in [0.29, 0.717) is 33.7 Å². The number of rotatable bonds is 5. The number of halogens is 2. The van der Waals surface area contributed by atoms with E-state index >= 15 is 0 Å². The van der Waals surface area contributed by atoms with Crippen LogP contribution in [0.1, 0.15) is 44.0 Å². The number of nitrogens with one attached hydrogen (secondary N) is 1. The first-order valence-corrected chi connectivity index (χ1v) is 8.02. The molecular formula is C15H20BrClN2O3. The molecule has 122 valence electrons. The summed E-state index contributed by atoms with van der Waals surface area (Å²) in [6, 6.07) is 3.13. The first-order chi connectivity index (χ1) is 10.1. The van der Waals surface area contributed by atoms with Crippen LogP contribution in [0.25, 0.3) is 0 Å². The van der Waals surface area contributed by atoms with Crippen LogP contribution in [-0.2, 0) is 9.53 Å². The fourth-order valence-corrected chi connectivity index (χ4v) is 2.51. The molecule has 1 amide bonds. The number of carbonyl (C=O) groups is 2. The van der Waals surface area contributed by atoms with E-state index in [9.17, 15) is 9.59 Å². The predicted octanol–water partition coefficient (Wildman–Crippen LogP) is 3.54. The van der Waals surface area contributed by atoms with Crippen LogP contribution in [0.5, 0.6) is 0 Å². The Bertz CT molecular complexity index is 571. The third kappa shape index (κ3) is 6.23. The Morgan fingerprint density at radius 3 is 2.59 bits per heavy atom. The van der Waals surface area contributed by atoms with Gasteiger partial charge in [-0.25, -0.2) is 0 Å². The normalized spacial score (nSPS) is 11.1. The average Bonchev–Trinajstić information content (AvgIpc) is 2.36. The van der Waals surface area contributed by atoms with Crippen LogP contribution in [0.2, 0.25) is 5.02 Å². The largest absolute Gasteiger partial charge is 0.460 e. The molecule has 0 bridgehead atoms. The molecule has 5 nitrogen and oxygen atoms in total. The highest BCUT2D eigenvalue weighted by molar-refractivity contribution is 9.10. The molecule has 0 spiro atoms. The van der Waals surface area contributed by atoms with E-state index in [4.69, 9.17) is 22.1 Å². The molecule has 3 N–H and O–H groups in total. The van der Waals surface area contributed by atoms with Gasteiger partial charge in [-0.15, -0.1) is 0 Å². The van der Waals surface area contributed by atoms with Gasteiger partial charge in [-0.1, -0.05) is 11.6 Å². The van der Waals surface area contributed by atoms with Crippen molar-refractivity contribution in [3.05, 3.63) is 27.2 Å². The minimum absolute atomic E-state index is 0.242. The van der Waals surface area contributed by atoms with Gasteiger partial charge in [-0.3, -0.25) is 9.59 Å². The summed E-state index contributed by atoms with van der Waals surface area (Å²) in [5, 5.41) is 3.12. The Hall–Kier alpha value is -1.27. The second-order valence-electron chi connectivity index (χ2n) is 5.79. The van der Waals surface area contributed by atoms with Gasteiger partial charge in [-0.2, -0.15) is 0 Å². The van der Waals surface area contributed by atoms with E-state index in [0.717, 1.165) is 0 Å². The molecule has 7 heteroatoms. The molecule has 0 unspecified atom stereocenters. The summed E-state index contributed by atoms with van der Waals surface area (Å²) in [5.41, 5.74) is 5.97. The maximum Gasteiger partial charge on any atom is 0.306 e. The fourth-order valence-electron chi connectivity index (χ4n) is 1.70. The van der Waals surface area contributed by atoms with Gasteiger partial charge in [0.25, 0.3) is 5.91 Å². The maximum atomic E-state index is 12.1. The number of esters is 1. The summed E-state index contributed by atoms with van der Waals surface area (Å²) in [5.74, 6) is -0.614. The summed E-state index contributed by atoms with van der Waals surface area (Å²) in [6.45, 7) is 5.78. The lowest BCUT2D eigenvalue weighted by Gasteiger charge is -2.19. The molecular weight excluding hydrogens is 372 g/mol. The van der Waals surface area contributed by atoms with Crippen molar-refractivity contribution in [2.75, 3.05) is 12.3 Å². The van der Waals surface area contributed by atoms with Crippen molar-refractivity contribution in [1.82, 2.24) is 5.32 Å². The Morgan fingerprint density at radius 1 is 1.36 bits per heavy atom. The minimum atomic E-state index is -0.498. The zero-order chi connectivity index (χ0) is 16.9. The standard InChI is InChI=1S/C15H20BrClN2O3/c1-15(2,3)22-12(20)5-4-6-19-14(21)10-7-9(17)8-11(16)13(10)18/h7-8H,4-6,18H2,1-3H3,(H,19,21). The molecule has 0 saturated carbocycles. The lowest BCUT2D eigenvalue weighted by atomic mass is 10.1. The molecule has 0 heterocycles. The van der Waals surface area contributed by atoms with Crippen molar-refractivity contribution >= 4 is 45.1 Å². The first kappa shape index (κ1) is 18.8. The lowest BCUT2D eigenvalue weighted by molar-refractivity contribution is -0.154. The van der Waals surface area contributed by atoms with Crippen molar-refractivity contribution < 1.29 is 14.3 Å². The van der Waals surface area contributed by atoms with Gasteiger partial charge >= 0.3 is 5.97 Å². The molecule has 0 fully saturated rings. The van der Waals surface area contributed by atoms with E-state index in [1.54, 1.807) is 6.07 Å². The van der Waals surface area contributed by atoms with Gasteiger partial charge in [0, 0.05) is 22.5 Å². The summed E-state index contributed by atoms with van der Waals surface area (Å²) in [6.07, 6.45) is 0.731. The highest BCUT2D eigenvalue weighted by Crippen LogP contribution is 2.27. The number of nitrogen functional groups attached to an aromatic ring is 1. The van der Waals surface area contributed by atoms with Gasteiger partial charge in [0.1, 0.15) is 5.60 Å². The quantitative estimate of drug-likeness (QED) is 0.457. The van der Waals surface area contributed by atoms with Crippen molar-refractivity contribution in [1.29, 1.82) is 0 Å². The van der Waals surface area contributed by atoms with Crippen LogP contribution in [0.3, 0.4) is 0 Å². The fraction of sp³-hybridized carbons (Fsp3) is 0.467. The highest BCUT2D eigenvalue weighted by atomic mass is 79.9. The van der Waals surface area contributed by atoms with Crippen LogP contribution in [0.15, 0.2) is 16.6 Å². The van der Waals surface area contributed by atoms with Crippen LogP contribution in [0.4, 0.5) is 5.69 Å². The second kappa shape index (κ2) is 7.83. The van der Waals surface area contributed by atoms with Crippen molar-refractivity contribution in [2.45, 2.75) is 39.2 Å². The molecule has 0 radical (unpaired) electrons. The van der Waals surface area contributed by atoms with Gasteiger partial charge in [0.2, 0.25) is 0 Å². The number of amides is 1. The molecule has 22 heavy (non-hydrogen) atoms. The van der Waals surface area contributed by atoms with Gasteiger partial charge in [0.05, 0.1) is 11.3 Å². The number of ether oxygens (including phenoxy) is 1. The number of hydrogen-bond acceptors (Lipinski definition) is 4. The number of nitrogens with two attached hydrogens (primary N) is 1. The molecule has 0 saturated heterocycles. The topological polar surface area (TPSA) is 81.4 Å². The summed E-state index contributed by atoms with van der Waals surface area (Å²) in [7, 11) is 0. The van der Waals surface area contributed by atoms with Gasteiger partial charge in [0.15, 0.2) is 0 Å². The third-order valence-electron chi connectivity index (χ3n) is 2.60. The van der Waals surface area contributed by atoms with Crippen LogP contribution < -0.4 is 11.1 Å². The number of hydrogen-bond donors (Lipinski definition) is 2. The lowest BCUT2D eigenvalue weighted by Crippen LogP contribution is -2.27. The number of benzene rings is 1. The average molecular weight is 392 g/mol. The Morgan fingerprint density at radius 2 is 2.00 bits per heavy atom. The zero-order valence-corrected chi connectivity index (χ0v) is 15.2. The molecule has 1 rings (SSSR count). The van der Waals surface area contributed by atoms with Crippen LogP contribution in [0, 0.1) is 0 Å². The Labute approximate surface area is 143 Å². The molecule has 0 aliphatic rings. The Balaban J connectivity index is 2.46. The van der Waals surface area contributed by atoms with E-state index in [2.05, 4.69) is 21.2 Å². The number of carbonyl (C=O) groups excluding carboxylic acids is 2.